The number of amides is 1. The lowest BCUT2D eigenvalue weighted by atomic mass is 10.2. The lowest BCUT2D eigenvalue weighted by Crippen LogP contribution is -2.45. The van der Waals surface area contributed by atoms with Gasteiger partial charge in [-0.15, -0.1) is 0 Å². The molecule has 94 valence electrons. The number of carbonyl (C=O) groups is 1. The Morgan fingerprint density at radius 1 is 1.50 bits per heavy atom. The minimum atomic E-state index is -2.89. The average Bonchev–Trinajstić information content (AvgIpc) is 2.23. The number of nitrogens with zero attached hydrogens (tertiary/aromatic N) is 1. The summed E-state index contributed by atoms with van der Waals surface area (Å²) in [5.74, 6) is 0.454. The van der Waals surface area contributed by atoms with Crippen molar-refractivity contribution in [1.82, 2.24) is 10.2 Å². The van der Waals surface area contributed by atoms with Crippen molar-refractivity contribution in [2.45, 2.75) is 25.8 Å². The first-order chi connectivity index (χ1) is 7.44. The number of rotatable bonds is 4. The van der Waals surface area contributed by atoms with Crippen LogP contribution in [0.5, 0.6) is 0 Å². The van der Waals surface area contributed by atoms with Crippen LogP contribution in [0.3, 0.4) is 0 Å². The molecule has 1 amide bonds. The molecule has 0 bridgehead atoms. The zero-order valence-corrected chi connectivity index (χ0v) is 10.7. The molecule has 1 aliphatic heterocycles. The normalized spacial score (nSPS) is 24.0. The van der Waals surface area contributed by atoms with Crippen LogP contribution >= 0.6 is 0 Å². The van der Waals surface area contributed by atoms with Crippen LogP contribution in [-0.4, -0.2) is 56.9 Å². The fourth-order valence-corrected chi connectivity index (χ4v) is 3.40. The molecule has 1 atom stereocenters. The van der Waals surface area contributed by atoms with Gasteiger partial charge in [0.15, 0.2) is 9.84 Å². The molecule has 0 radical (unpaired) electrons. The number of nitrogens with one attached hydrogen (secondary N) is 1. The first-order valence-corrected chi connectivity index (χ1v) is 7.44. The van der Waals surface area contributed by atoms with Crippen molar-refractivity contribution in [2.75, 3.05) is 31.6 Å². The van der Waals surface area contributed by atoms with Gasteiger partial charge in [0.2, 0.25) is 5.91 Å². The molecule has 0 aromatic rings. The Bertz CT molecular complexity index is 340. The standard InChI is InChI=1S/C10H20N2O3S/c1-3-12(2)10(13)7-11-9-5-4-6-16(14,15)8-9/h9,11H,3-8H2,1-2H3. The van der Waals surface area contributed by atoms with E-state index in [-0.39, 0.29) is 30.0 Å². The Labute approximate surface area is 97.1 Å². The molecule has 16 heavy (non-hydrogen) atoms. The predicted molar refractivity (Wildman–Crippen MR) is 63.0 cm³/mol. The molecule has 1 fully saturated rings. The van der Waals surface area contributed by atoms with Crippen molar-refractivity contribution in [3.8, 4) is 0 Å². The highest BCUT2D eigenvalue weighted by Gasteiger charge is 2.24. The van der Waals surface area contributed by atoms with Crippen molar-refractivity contribution in [3.05, 3.63) is 0 Å². The van der Waals surface area contributed by atoms with E-state index in [1.165, 1.54) is 0 Å². The van der Waals surface area contributed by atoms with Gasteiger partial charge in [0.1, 0.15) is 0 Å². The maximum absolute atomic E-state index is 11.5. The molecule has 5 nitrogen and oxygen atoms in total. The van der Waals surface area contributed by atoms with Gasteiger partial charge in [-0.1, -0.05) is 0 Å². The summed E-state index contributed by atoms with van der Waals surface area (Å²) in [7, 11) is -1.16. The molecule has 0 saturated carbocycles. The van der Waals surface area contributed by atoms with Gasteiger partial charge in [0, 0.05) is 19.6 Å². The summed E-state index contributed by atoms with van der Waals surface area (Å²) < 4.78 is 22.7. The molecule has 1 unspecified atom stereocenters. The van der Waals surface area contributed by atoms with Gasteiger partial charge in [-0.25, -0.2) is 8.42 Å². The van der Waals surface area contributed by atoms with Crippen molar-refractivity contribution in [1.29, 1.82) is 0 Å². The molecule has 0 aliphatic carbocycles. The maximum atomic E-state index is 11.5. The van der Waals surface area contributed by atoms with Crippen LogP contribution in [0.4, 0.5) is 0 Å². The van der Waals surface area contributed by atoms with E-state index in [1.807, 2.05) is 6.92 Å². The van der Waals surface area contributed by atoms with Gasteiger partial charge in [-0.05, 0) is 19.8 Å². The van der Waals surface area contributed by atoms with E-state index < -0.39 is 9.84 Å². The molecular weight excluding hydrogens is 228 g/mol. The van der Waals surface area contributed by atoms with Crippen LogP contribution in [0.15, 0.2) is 0 Å². The van der Waals surface area contributed by atoms with E-state index in [4.69, 9.17) is 0 Å². The first kappa shape index (κ1) is 13.4. The molecule has 1 aliphatic rings. The molecule has 0 spiro atoms. The SMILES string of the molecule is CCN(C)C(=O)CNC1CCCS(=O)(=O)C1. The van der Waals surface area contributed by atoms with E-state index in [0.717, 1.165) is 6.42 Å². The van der Waals surface area contributed by atoms with Gasteiger partial charge in [-0.2, -0.15) is 0 Å². The van der Waals surface area contributed by atoms with E-state index in [0.29, 0.717) is 13.0 Å². The van der Waals surface area contributed by atoms with Crippen molar-refractivity contribution >= 4 is 15.7 Å². The van der Waals surface area contributed by atoms with Gasteiger partial charge in [0.25, 0.3) is 0 Å². The minimum Gasteiger partial charge on any atom is -0.345 e. The second-order valence-electron chi connectivity index (χ2n) is 4.24. The third-order valence-electron chi connectivity index (χ3n) is 2.91. The van der Waals surface area contributed by atoms with Crippen LogP contribution in [0.2, 0.25) is 0 Å². The van der Waals surface area contributed by atoms with E-state index in [1.54, 1.807) is 11.9 Å². The van der Waals surface area contributed by atoms with Gasteiger partial charge < -0.3 is 10.2 Å². The topological polar surface area (TPSA) is 66.5 Å². The third kappa shape index (κ3) is 4.09. The monoisotopic (exact) mass is 248 g/mol. The Morgan fingerprint density at radius 2 is 2.19 bits per heavy atom. The lowest BCUT2D eigenvalue weighted by Gasteiger charge is -2.24. The maximum Gasteiger partial charge on any atom is 0.236 e. The molecule has 1 saturated heterocycles. The highest BCUT2D eigenvalue weighted by molar-refractivity contribution is 7.91. The van der Waals surface area contributed by atoms with E-state index in [9.17, 15) is 13.2 Å². The Morgan fingerprint density at radius 3 is 2.75 bits per heavy atom. The smallest absolute Gasteiger partial charge is 0.236 e. The number of carbonyl (C=O) groups excluding carboxylic acids is 1. The number of hydrogen-bond acceptors (Lipinski definition) is 4. The average molecular weight is 248 g/mol. The molecule has 0 aromatic carbocycles. The van der Waals surface area contributed by atoms with Gasteiger partial charge >= 0.3 is 0 Å². The first-order valence-electron chi connectivity index (χ1n) is 5.62. The van der Waals surface area contributed by atoms with Crippen molar-refractivity contribution < 1.29 is 13.2 Å². The quantitative estimate of drug-likeness (QED) is 0.737. The fourth-order valence-electron chi connectivity index (χ4n) is 1.73. The minimum absolute atomic E-state index is 0.00507. The number of likely N-dealkylation sites (N-methyl/N-ethyl adjacent to an activating group) is 1. The van der Waals surface area contributed by atoms with Crippen molar-refractivity contribution in [2.24, 2.45) is 0 Å². The largest absolute Gasteiger partial charge is 0.345 e. The van der Waals surface area contributed by atoms with Crippen LogP contribution < -0.4 is 5.32 Å². The predicted octanol–water partition coefficient (Wildman–Crippen LogP) is -0.368. The molecular formula is C10H20N2O3S. The van der Waals surface area contributed by atoms with Gasteiger partial charge in [0.05, 0.1) is 18.1 Å². The highest BCUT2D eigenvalue weighted by Crippen LogP contribution is 2.11. The Kier molecular flexibility index (Phi) is 4.73. The van der Waals surface area contributed by atoms with Crippen molar-refractivity contribution in [3.63, 3.8) is 0 Å². The molecule has 6 heteroatoms. The molecule has 0 aromatic heterocycles. The van der Waals surface area contributed by atoms with Gasteiger partial charge in [-0.3, -0.25) is 4.79 Å². The second-order valence-corrected chi connectivity index (χ2v) is 6.47. The van der Waals surface area contributed by atoms with Crippen LogP contribution in [-0.2, 0) is 14.6 Å². The summed E-state index contributed by atoms with van der Waals surface area (Å²) in [6.07, 6.45) is 1.53. The summed E-state index contributed by atoms with van der Waals surface area (Å²) in [6.45, 7) is 2.80. The lowest BCUT2D eigenvalue weighted by molar-refractivity contribution is -0.128. The highest BCUT2D eigenvalue weighted by atomic mass is 32.2. The third-order valence-corrected chi connectivity index (χ3v) is 4.73. The van der Waals surface area contributed by atoms with Crippen LogP contribution in [0.25, 0.3) is 0 Å². The Balaban J connectivity index is 2.36. The summed E-state index contributed by atoms with van der Waals surface area (Å²) >= 11 is 0. The molecule has 1 N–H and O–H groups in total. The zero-order valence-electron chi connectivity index (χ0n) is 9.90. The van der Waals surface area contributed by atoms with E-state index >= 15 is 0 Å². The van der Waals surface area contributed by atoms with E-state index in [2.05, 4.69) is 5.32 Å². The molecule has 1 heterocycles. The summed E-state index contributed by atoms with van der Waals surface area (Å²) in [5.41, 5.74) is 0. The number of hydrogen-bond donors (Lipinski definition) is 1. The Hall–Kier alpha value is -0.620. The van der Waals surface area contributed by atoms with Crippen LogP contribution in [0, 0.1) is 0 Å². The summed E-state index contributed by atoms with van der Waals surface area (Å²) in [5, 5.41) is 3.02. The zero-order chi connectivity index (χ0) is 12.2. The summed E-state index contributed by atoms with van der Waals surface area (Å²) in [4.78, 5) is 13.1. The number of sulfone groups is 1. The van der Waals surface area contributed by atoms with Crippen LogP contribution in [0.1, 0.15) is 19.8 Å². The molecule has 1 rings (SSSR count). The fraction of sp³-hybridized carbons (Fsp3) is 0.900. The second kappa shape index (κ2) is 5.63. The summed E-state index contributed by atoms with van der Waals surface area (Å²) in [6, 6.07) is -0.0621.